The van der Waals surface area contributed by atoms with Gasteiger partial charge in [-0.05, 0) is 60.5 Å². The standard InChI is InChI=1S/C36H30FN3O4S2/c1-42-31-16-15-24(19-32(31)43-2)17-18-39-35(41)33(46-36(39)45)21-27-22-40(28-11-4-3-5-12-28)38-34(27)25-10-8-13-29(20-25)44-23-26-9-6-7-14-30(26)37/h3-16,19-22H,17-18,23H2,1-2H3. The SMILES string of the molecule is COc1ccc(CCN2C(=O)C(=Cc3cn(-c4ccccc4)nc3-c3cccc(OCc4ccccc4F)c3)SC2=S)cc1OC. The molecule has 0 aliphatic carbocycles. The fourth-order valence-electron chi connectivity index (χ4n) is 5.05. The summed E-state index contributed by atoms with van der Waals surface area (Å²) in [6.45, 7) is 0.516. The summed E-state index contributed by atoms with van der Waals surface area (Å²) >= 11 is 6.91. The van der Waals surface area contributed by atoms with Gasteiger partial charge in [0.1, 0.15) is 28.2 Å². The van der Waals surface area contributed by atoms with Gasteiger partial charge in [-0.2, -0.15) is 5.10 Å². The van der Waals surface area contributed by atoms with Crippen LogP contribution in [0.15, 0.2) is 108 Å². The van der Waals surface area contributed by atoms with Crippen molar-refractivity contribution in [3.8, 4) is 34.2 Å². The van der Waals surface area contributed by atoms with Crippen molar-refractivity contribution < 1.29 is 23.4 Å². The normalized spacial score (nSPS) is 13.8. The summed E-state index contributed by atoms with van der Waals surface area (Å²) in [7, 11) is 3.19. The summed E-state index contributed by atoms with van der Waals surface area (Å²) < 4.78 is 33.2. The van der Waals surface area contributed by atoms with Gasteiger partial charge in [-0.25, -0.2) is 9.07 Å². The van der Waals surface area contributed by atoms with E-state index in [0.29, 0.717) is 50.7 Å². The summed E-state index contributed by atoms with van der Waals surface area (Å²) in [6.07, 6.45) is 4.33. The average Bonchev–Trinajstić information content (AvgIpc) is 3.63. The van der Waals surface area contributed by atoms with Gasteiger partial charge in [-0.1, -0.05) is 78.6 Å². The number of rotatable bonds is 11. The molecular weight excluding hydrogens is 622 g/mol. The fraction of sp³-hybridized carbons (Fsp3) is 0.139. The van der Waals surface area contributed by atoms with Crippen LogP contribution in [0.2, 0.25) is 0 Å². The van der Waals surface area contributed by atoms with E-state index >= 15 is 0 Å². The van der Waals surface area contributed by atoms with Crippen molar-refractivity contribution in [2.75, 3.05) is 20.8 Å². The van der Waals surface area contributed by atoms with Crippen molar-refractivity contribution >= 4 is 40.3 Å². The summed E-state index contributed by atoms with van der Waals surface area (Å²) in [5, 5.41) is 4.90. The van der Waals surface area contributed by atoms with E-state index in [-0.39, 0.29) is 18.3 Å². The molecule has 1 aliphatic heterocycles. The molecule has 0 saturated carbocycles. The minimum absolute atomic E-state index is 0.0905. The highest BCUT2D eigenvalue weighted by molar-refractivity contribution is 8.26. The second kappa shape index (κ2) is 14.0. The number of para-hydroxylation sites is 1. The van der Waals surface area contributed by atoms with E-state index in [1.54, 1.807) is 42.0 Å². The van der Waals surface area contributed by atoms with Crippen LogP contribution in [0.5, 0.6) is 17.2 Å². The van der Waals surface area contributed by atoms with Crippen LogP contribution in [-0.2, 0) is 17.8 Å². The molecular formula is C36H30FN3O4S2. The maximum absolute atomic E-state index is 14.2. The number of aromatic nitrogens is 2. The largest absolute Gasteiger partial charge is 0.493 e. The van der Waals surface area contributed by atoms with Crippen LogP contribution in [0, 0.1) is 5.82 Å². The molecule has 1 amide bonds. The third kappa shape index (κ3) is 6.83. The van der Waals surface area contributed by atoms with Crippen molar-refractivity contribution in [2.24, 2.45) is 0 Å². The highest BCUT2D eigenvalue weighted by Gasteiger charge is 2.32. The molecule has 0 unspecified atom stereocenters. The molecule has 5 aromatic rings. The molecule has 6 rings (SSSR count). The first-order chi connectivity index (χ1) is 22.4. The number of thiocarbonyl (C=S) groups is 1. The van der Waals surface area contributed by atoms with Gasteiger partial charge in [0.2, 0.25) is 0 Å². The molecule has 0 N–H and O–H groups in total. The van der Waals surface area contributed by atoms with Gasteiger partial charge in [0.15, 0.2) is 11.5 Å². The van der Waals surface area contributed by atoms with Crippen molar-refractivity contribution in [2.45, 2.75) is 13.0 Å². The maximum Gasteiger partial charge on any atom is 0.266 e. The Labute approximate surface area is 276 Å². The van der Waals surface area contributed by atoms with E-state index in [0.717, 1.165) is 22.4 Å². The Bertz CT molecular complexity index is 1930. The number of methoxy groups -OCH3 is 2. The molecule has 1 aromatic heterocycles. The van der Waals surface area contributed by atoms with Gasteiger partial charge < -0.3 is 14.2 Å². The number of thioether (sulfide) groups is 1. The number of amides is 1. The van der Waals surface area contributed by atoms with E-state index in [4.69, 9.17) is 31.5 Å². The lowest BCUT2D eigenvalue weighted by molar-refractivity contribution is -0.122. The highest BCUT2D eigenvalue weighted by atomic mass is 32.2. The van der Waals surface area contributed by atoms with Gasteiger partial charge in [0, 0.05) is 29.4 Å². The number of hydrogen-bond donors (Lipinski definition) is 0. The second-order valence-corrected chi connectivity index (χ2v) is 12.1. The number of carbonyl (C=O) groups is 1. The van der Waals surface area contributed by atoms with Crippen LogP contribution in [-0.4, -0.2) is 45.7 Å². The fourth-order valence-corrected chi connectivity index (χ4v) is 6.35. The Morgan fingerprint density at radius 1 is 0.913 bits per heavy atom. The molecule has 0 bridgehead atoms. The van der Waals surface area contributed by atoms with E-state index in [2.05, 4.69) is 0 Å². The van der Waals surface area contributed by atoms with Crippen molar-refractivity contribution in [3.63, 3.8) is 0 Å². The van der Waals surface area contributed by atoms with Crippen molar-refractivity contribution in [1.29, 1.82) is 0 Å². The predicted molar refractivity (Wildman–Crippen MR) is 183 cm³/mol. The molecule has 1 saturated heterocycles. The zero-order valence-electron chi connectivity index (χ0n) is 25.2. The number of halogens is 1. The zero-order chi connectivity index (χ0) is 32.0. The molecule has 232 valence electrons. The van der Waals surface area contributed by atoms with Crippen LogP contribution in [0.25, 0.3) is 23.0 Å². The molecule has 7 nitrogen and oxygen atoms in total. The highest BCUT2D eigenvalue weighted by Crippen LogP contribution is 2.36. The van der Waals surface area contributed by atoms with Gasteiger partial charge in [-0.15, -0.1) is 0 Å². The third-order valence-electron chi connectivity index (χ3n) is 7.46. The summed E-state index contributed by atoms with van der Waals surface area (Å²) in [4.78, 5) is 15.8. The number of benzene rings is 4. The Morgan fingerprint density at radius 2 is 1.70 bits per heavy atom. The number of ether oxygens (including phenoxy) is 3. The Hall–Kier alpha value is -4.93. The molecule has 0 spiro atoms. The molecule has 4 aromatic carbocycles. The Kier molecular flexibility index (Phi) is 9.46. The number of nitrogens with zero attached hydrogens (tertiary/aromatic N) is 3. The lowest BCUT2D eigenvalue weighted by Gasteiger charge is -2.15. The summed E-state index contributed by atoms with van der Waals surface area (Å²) in [5.41, 5.74) is 4.54. The monoisotopic (exact) mass is 651 g/mol. The molecule has 10 heteroatoms. The second-order valence-electron chi connectivity index (χ2n) is 10.4. The van der Waals surface area contributed by atoms with Crippen LogP contribution in [0.4, 0.5) is 4.39 Å². The molecule has 46 heavy (non-hydrogen) atoms. The van der Waals surface area contributed by atoms with Crippen molar-refractivity contribution in [1.82, 2.24) is 14.7 Å². The molecule has 2 heterocycles. The first-order valence-electron chi connectivity index (χ1n) is 14.5. The van der Waals surface area contributed by atoms with E-state index in [9.17, 15) is 9.18 Å². The van der Waals surface area contributed by atoms with Crippen LogP contribution < -0.4 is 14.2 Å². The maximum atomic E-state index is 14.2. The summed E-state index contributed by atoms with van der Waals surface area (Å²) in [6, 6.07) is 29.5. The van der Waals surface area contributed by atoms with Crippen LogP contribution in [0.3, 0.4) is 0 Å². The Balaban J connectivity index is 1.27. The van der Waals surface area contributed by atoms with Gasteiger partial charge in [-0.3, -0.25) is 9.69 Å². The summed E-state index contributed by atoms with van der Waals surface area (Å²) in [5.74, 6) is 1.38. The molecule has 0 radical (unpaired) electrons. The topological polar surface area (TPSA) is 65.8 Å². The van der Waals surface area contributed by atoms with E-state index in [1.165, 1.54) is 17.8 Å². The smallest absolute Gasteiger partial charge is 0.266 e. The minimum atomic E-state index is -0.316. The number of carbonyl (C=O) groups excluding carboxylic acids is 1. The lowest BCUT2D eigenvalue weighted by atomic mass is 10.1. The van der Waals surface area contributed by atoms with E-state index in [1.807, 2.05) is 85.1 Å². The minimum Gasteiger partial charge on any atom is -0.493 e. The number of hydrogen-bond acceptors (Lipinski definition) is 7. The van der Waals surface area contributed by atoms with Crippen LogP contribution >= 0.6 is 24.0 Å². The lowest BCUT2D eigenvalue weighted by Crippen LogP contribution is -2.30. The zero-order valence-corrected chi connectivity index (χ0v) is 26.8. The predicted octanol–water partition coefficient (Wildman–Crippen LogP) is 7.72. The van der Waals surface area contributed by atoms with Gasteiger partial charge >= 0.3 is 0 Å². The first-order valence-corrected chi connectivity index (χ1v) is 15.7. The molecule has 0 atom stereocenters. The van der Waals surface area contributed by atoms with E-state index < -0.39 is 0 Å². The van der Waals surface area contributed by atoms with Gasteiger partial charge in [0.25, 0.3) is 5.91 Å². The van der Waals surface area contributed by atoms with Gasteiger partial charge in [0.05, 0.1) is 24.8 Å². The first kappa shape index (κ1) is 31.1. The third-order valence-corrected chi connectivity index (χ3v) is 8.83. The molecule has 1 aliphatic rings. The molecule has 1 fully saturated rings. The van der Waals surface area contributed by atoms with Crippen molar-refractivity contribution in [3.05, 3.63) is 131 Å². The average molecular weight is 652 g/mol. The Morgan fingerprint density at radius 3 is 2.48 bits per heavy atom. The van der Waals surface area contributed by atoms with Crippen LogP contribution in [0.1, 0.15) is 16.7 Å². The quantitative estimate of drug-likeness (QED) is 0.107.